The van der Waals surface area contributed by atoms with Crippen LogP contribution < -0.4 is 5.32 Å². The number of nitrogens with zero attached hydrogens (tertiary/aromatic N) is 6. The van der Waals surface area contributed by atoms with Crippen molar-refractivity contribution in [1.29, 1.82) is 0 Å². The van der Waals surface area contributed by atoms with Crippen LogP contribution in [0.4, 0.5) is 19.1 Å². The minimum atomic E-state index is -2.86. The molecule has 4 aromatic rings. The number of fused-ring (bicyclic) bond motifs is 2. The average Bonchev–Trinajstić information content (AvgIpc) is 3.20. The summed E-state index contributed by atoms with van der Waals surface area (Å²) in [6.45, 7) is 1.77. The second-order valence-electron chi connectivity index (χ2n) is 6.60. The lowest BCUT2D eigenvalue weighted by Crippen LogP contribution is -2.24. The van der Waals surface area contributed by atoms with E-state index in [1.807, 2.05) is 25.1 Å². The number of pyridine rings is 1. The molecule has 0 radical (unpaired) electrons. The molecule has 0 aliphatic carbocycles. The smallest absolute Gasteiger partial charge is 0.262 e. The first-order chi connectivity index (χ1) is 13.4. The molecule has 7 nitrogen and oxygen atoms in total. The zero-order chi connectivity index (χ0) is 19.9. The number of anilines is 1. The molecule has 0 amide bonds. The molecule has 0 bridgehead atoms. The third-order valence-electron chi connectivity index (χ3n) is 4.34. The van der Waals surface area contributed by atoms with Crippen LogP contribution in [0.5, 0.6) is 0 Å². The third kappa shape index (κ3) is 3.37. The van der Waals surface area contributed by atoms with E-state index >= 15 is 0 Å². The highest BCUT2D eigenvalue weighted by molar-refractivity contribution is 5.82. The zero-order valence-electron chi connectivity index (χ0n) is 15.3. The normalized spacial score (nSPS) is 12.2. The van der Waals surface area contributed by atoms with E-state index in [-0.39, 0.29) is 12.5 Å². The zero-order valence-corrected chi connectivity index (χ0v) is 15.3. The fraction of sp³-hybridized carbons (Fsp3) is 0.333. The van der Waals surface area contributed by atoms with E-state index in [0.717, 1.165) is 12.5 Å². The molecule has 0 saturated heterocycles. The summed E-state index contributed by atoms with van der Waals surface area (Å²) in [7, 11) is 0. The molecule has 0 fully saturated rings. The first-order valence-electron chi connectivity index (χ1n) is 8.72. The maximum atomic E-state index is 13.0. The van der Waals surface area contributed by atoms with Gasteiger partial charge in [0.1, 0.15) is 18.0 Å². The molecule has 0 saturated carbocycles. The van der Waals surface area contributed by atoms with Crippen LogP contribution in [0.3, 0.4) is 0 Å². The van der Waals surface area contributed by atoms with Crippen molar-refractivity contribution < 1.29 is 13.2 Å². The van der Waals surface area contributed by atoms with Gasteiger partial charge >= 0.3 is 0 Å². The Labute approximate surface area is 158 Å². The van der Waals surface area contributed by atoms with Gasteiger partial charge in [-0.3, -0.25) is 0 Å². The molecule has 0 atom stereocenters. The standard InChI is InChI=1S/C18H18F3N7/c1-11-24-14-4-3-13(25-16(14)27(11)8-6-19)12-5-7-28-15(12)9-22-17(26-28)23-10-18(2,20)21/h3-5,7,9H,6,8,10H2,1-2H3,(H,23,26). The van der Waals surface area contributed by atoms with Gasteiger partial charge in [-0.25, -0.2) is 32.6 Å². The topological polar surface area (TPSA) is 72.9 Å². The Bertz CT molecular complexity index is 1140. The Hall–Kier alpha value is -3.17. The predicted octanol–water partition coefficient (Wildman–Crippen LogP) is 3.49. The van der Waals surface area contributed by atoms with Gasteiger partial charge in [-0.05, 0) is 25.1 Å². The Morgan fingerprint density at radius 3 is 2.75 bits per heavy atom. The van der Waals surface area contributed by atoms with Crippen LogP contribution in [0, 0.1) is 6.92 Å². The van der Waals surface area contributed by atoms with Crippen molar-refractivity contribution in [3.63, 3.8) is 0 Å². The molecule has 28 heavy (non-hydrogen) atoms. The van der Waals surface area contributed by atoms with Crippen molar-refractivity contribution in [2.45, 2.75) is 26.3 Å². The van der Waals surface area contributed by atoms with Crippen LogP contribution in [0.1, 0.15) is 12.7 Å². The molecule has 0 aromatic carbocycles. The van der Waals surface area contributed by atoms with Crippen molar-refractivity contribution >= 4 is 22.6 Å². The van der Waals surface area contributed by atoms with Crippen molar-refractivity contribution in [3.8, 4) is 11.3 Å². The number of halogens is 3. The van der Waals surface area contributed by atoms with Gasteiger partial charge in [0.15, 0.2) is 5.65 Å². The molecule has 0 aliphatic rings. The van der Waals surface area contributed by atoms with Gasteiger partial charge in [0.05, 0.1) is 30.5 Å². The molecule has 146 valence electrons. The number of hydrogen-bond acceptors (Lipinski definition) is 5. The van der Waals surface area contributed by atoms with Crippen molar-refractivity contribution in [3.05, 3.63) is 36.4 Å². The number of hydrogen-bond donors (Lipinski definition) is 1. The van der Waals surface area contributed by atoms with E-state index in [9.17, 15) is 13.2 Å². The van der Waals surface area contributed by atoms with E-state index in [1.54, 1.807) is 21.5 Å². The van der Waals surface area contributed by atoms with E-state index in [2.05, 4.69) is 25.4 Å². The highest BCUT2D eigenvalue weighted by atomic mass is 19.3. The van der Waals surface area contributed by atoms with Gasteiger partial charge < -0.3 is 9.88 Å². The Kier molecular flexibility index (Phi) is 4.40. The van der Waals surface area contributed by atoms with Gasteiger partial charge in [0.25, 0.3) is 5.92 Å². The van der Waals surface area contributed by atoms with E-state index in [1.165, 1.54) is 0 Å². The van der Waals surface area contributed by atoms with E-state index in [4.69, 9.17) is 0 Å². The number of aromatic nitrogens is 6. The first kappa shape index (κ1) is 18.2. The molecule has 10 heteroatoms. The van der Waals surface area contributed by atoms with Crippen LogP contribution in [0.25, 0.3) is 27.9 Å². The maximum absolute atomic E-state index is 13.0. The monoisotopic (exact) mass is 389 g/mol. The van der Waals surface area contributed by atoms with Gasteiger partial charge in [-0.15, -0.1) is 5.10 Å². The van der Waals surface area contributed by atoms with Crippen molar-refractivity contribution in [1.82, 2.24) is 29.1 Å². The summed E-state index contributed by atoms with van der Waals surface area (Å²) in [6, 6.07) is 5.48. The molecule has 0 unspecified atom stereocenters. The van der Waals surface area contributed by atoms with Gasteiger partial charge in [-0.1, -0.05) is 0 Å². The highest BCUT2D eigenvalue weighted by Gasteiger charge is 2.21. The predicted molar refractivity (Wildman–Crippen MR) is 99.3 cm³/mol. The average molecular weight is 389 g/mol. The molecule has 4 aromatic heterocycles. The molecular formula is C18H18F3N7. The molecular weight excluding hydrogens is 371 g/mol. The summed E-state index contributed by atoms with van der Waals surface area (Å²) < 4.78 is 42.2. The van der Waals surface area contributed by atoms with Gasteiger partial charge in [-0.2, -0.15) is 0 Å². The highest BCUT2D eigenvalue weighted by Crippen LogP contribution is 2.26. The SMILES string of the molecule is Cc1nc2ccc(-c3ccn4nc(NCC(C)(F)F)ncc34)nc2n1CCF. The lowest BCUT2D eigenvalue weighted by Gasteiger charge is -2.11. The van der Waals surface area contributed by atoms with Crippen molar-refractivity contribution in [2.75, 3.05) is 18.5 Å². The lowest BCUT2D eigenvalue weighted by atomic mass is 10.2. The number of imidazole rings is 1. The maximum Gasteiger partial charge on any atom is 0.262 e. The summed E-state index contributed by atoms with van der Waals surface area (Å²) >= 11 is 0. The Morgan fingerprint density at radius 2 is 2.00 bits per heavy atom. The number of nitrogens with one attached hydrogen (secondary N) is 1. The summed E-state index contributed by atoms with van der Waals surface area (Å²) in [5.74, 6) is -2.05. The van der Waals surface area contributed by atoms with E-state index < -0.39 is 19.1 Å². The largest absolute Gasteiger partial charge is 0.347 e. The number of aryl methyl sites for hydroxylation is 2. The number of rotatable bonds is 6. The minimum Gasteiger partial charge on any atom is -0.347 e. The van der Waals surface area contributed by atoms with Crippen LogP contribution in [-0.2, 0) is 6.54 Å². The van der Waals surface area contributed by atoms with Crippen molar-refractivity contribution in [2.24, 2.45) is 0 Å². The third-order valence-corrected chi connectivity index (χ3v) is 4.34. The summed E-state index contributed by atoms with van der Waals surface area (Å²) in [4.78, 5) is 13.2. The Morgan fingerprint density at radius 1 is 1.18 bits per heavy atom. The molecule has 1 N–H and O–H groups in total. The fourth-order valence-electron chi connectivity index (χ4n) is 3.05. The summed E-state index contributed by atoms with van der Waals surface area (Å²) in [6.07, 6.45) is 3.26. The minimum absolute atomic E-state index is 0.108. The van der Waals surface area contributed by atoms with Gasteiger partial charge in [0, 0.05) is 18.7 Å². The molecule has 4 heterocycles. The summed E-state index contributed by atoms with van der Waals surface area (Å²) in [5, 5.41) is 6.72. The van der Waals surface area contributed by atoms with Crippen LogP contribution in [0.2, 0.25) is 0 Å². The van der Waals surface area contributed by atoms with E-state index in [0.29, 0.717) is 28.2 Å². The first-order valence-corrected chi connectivity index (χ1v) is 8.72. The summed E-state index contributed by atoms with van der Waals surface area (Å²) in [5.41, 5.74) is 3.42. The lowest BCUT2D eigenvalue weighted by molar-refractivity contribution is 0.0365. The molecule has 0 spiro atoms. The van der Waals surface area contributed by atoms with Crippen LogP contribution >= 0.6 is 0 Å². The molecule has 4 rings (SSSR count). The van der Waals surface area contributed by atoms with Crippen LogP contribution in [-0.4, -0.2) is 48.3 Å². The van der Waals surface area contributed by atoms with Gasteiger partial charge in [0.2, 0.25) is 5.95 Å². The Balaban J connectivity index is 1.72. The second kappa shape index (κ2) is 6.77. The fourth-order valence-corrected chi connectivity index (χ4v) is 3.05. The second-order valence-corrected chi connectivity index (χ2v) is 6.60. The molecule has 0 aliphatic heterocycles. The quantitative estimate of drug-likeness (QED) is 0.547. The number of alkyl halides is 3. The van der Waals surface area contributed by atoms with Crippen LogP contribution in [0.15, 0.2) is 30.6 Å².